The number of nitrogens with one attached hydrogen (secondary N) is 1. The van der Waals surface area contributed by atoms with Gasteiger partial charge in [-0.3, -0.25) is 14.4 Å². The molecule has 29 heavy (non-hydrogen) atoms. The molecule has 0 aromatic heterocycles. The molecule has 0 saturated carbocycles. The maximum atomic E-state index is 12.6. The van der Waals surface area contributed by atoms with Crippen LogP contribution in [0.25, 0.3) is 0 Å². The molecule has 0 aliphatic carbocycles. The number of amides is 3. The van der Waals surface area contributed by atoms with Crippen molar-refractivity contribution in [3.05, 3.63) is 65.2 Å². The summed E-state index contributed by atoms with van der Waals surface area (Å²) in [6, 6.07) is 14.1. The molecule has 7 heteroatoms. The minimum atomic E-state index is -0.218. The van der Waals surface area contributed by atoms with Crippen molar-refractivity contribution >= 4 is 17.7 Å². The van der Waals surface area contributed by atoms with E-state index in [4.69, 9.17) is 4.74 Å². The van der Waals surface area contributed by atoms with Gasteiger partial charge in [0.1, 0.15) is 5.75 Å². The average Bonchev–Trinajstić information content (AvgIpc) is 2.77. The molecule has 1 saturated heterocycles. The quantitative estimate of drug-likeness (QED) is 0.839. The summed E-state index contributed by atoms with van der Waals surface area (Å²) in [6.45, 7) is 4.01. The lowest BCUT2D eigenvalue weighted by Crippen LogP contribution is -2.50. The molecule has 3 amide bonds. The number of para-hydroxylation sites is 1. The summed E-state index contributed by atoms with van der Waals surface area (Å²) < 4.78 is 5.29. The number of benzene rings is 2. The molecule has 0 radical (unpaired) electrons. The van der Waals surface area contributed by atoms with Crippen LogP contribution in [-0.4, -0.2) is 60.8 Å². The van der Waals surface area contributed by atoms with E-state index in [0.29, 0.717) is 43.9 Å². The second kappa shape index (κ2) is 9.23. The number of nitrogens with zero attached hydrogens (tertiary/aromatic N) is 2. The first-order chi connectivity index (χ1) is 14.0. The maximum Gasteiger partial charge on any atom is 0.253 e. The van der Waals surface area contributed by atoms with Crippen LogP contribution in [0.2, 0.25) is 0 Å². The standard InChI is InChI=1S/C22H25N3O4/c1-16(26)24-11-13-25(14-12-24)22(28)18-9-7-17(8-10-18)21(27)23-15-19-5-3-4-6-20(19)29-2/h3-10H,11-15H2,1-2H3,(H,23,27). The Balaban J connectivity index is 1.57. The number of methoxy groups -OCH3 is 1. The summed E-state index contributed by atoms with van der Waals surface area (Å²) in [5.41, 5.74) is 1.90. The zero-order valence-electron chi connectivity index (χ0n) is 16.7. The molecule has 2 aromatic carbocycles. The number of piperazine rings is 1. The minimum Gasteiger partial charge on any atom is -0.496 e. The predicted molar refractivity (Wildman–Crippen MR) is 109 cm³/mol. The Labute approximate surface area is 170 Å². The van der Waals surface area contributed by atoms with Gasteiger partial charge in [0.05, 0.1) is 7.11 Å². The van der Waals surface area contributed by atoms with E-state index in [1.54, 1.807) is 41.2 Å². The van der Waals surface area contributed by atoms with Crippen LogP contribution in [0.5, 0.6) is 5.75 Å². The van der Waals surface area contributed by atoms with Crippen LogP contribution in [0.4, 0.5) is 0 Å². The van der Waals surface area contributed by atoms with Crippen LogP contribution in [0, 0.1) is 0 Å². The van der Waals surface area contributed by atoms with Gasteiger partial charge in [-0.15, -0.1) is 0 Å². The number of rotatable bonds is 5. The molecule has 0 unspecified atom stereocenters. The Morgan fingerprint density at radius 1 is 0.897 bits per heavy atom. The summed E-state index contributed by atoms with van der Waals surface area (Å²) in [5, 5.41) is 2.87. The molecule has 1 aliphatic rings. The van der Waals surface area contributed by atoms with Gasteiger partial charge >= 0.3 is 0 Å². The van der Waals surface area contributed by atoms with E-state index in [1.165, 1.54) is 6.92 Å². The number of ether oxygens (including phenoxy) is 1. The molecule has 0 atom stereocenters. The molecule has 1 aliphatic heterocycles. The van der Waals surface area contributed by atoms with E-state index >= 15 is 0 Å². The zero-order valence-corrected chi connectivity index (χ0v) is 16.7. The van der Waals surface area contributed by atoms with Crippen molar-refractivity contribution < 1.29 is 19.1 Å². The summed E-state index contributed by atoms with van der Waals surface area (Å²) in [5.74, 6) is 0.443. The normalized spacial score (nSPS) is 13.7. The van der Waals surface area contributed by atoms with Crippen molar-refractivity contribution in [1.82, 2.24) is 15.1 Å². The van der Waals surface area contributed by atoms with Gasteiger partial charge < -0.3 is 19.9 Å². The summed E-state index contributed by atoms with van der Waals surface area (Å²) in [4.78, 5) is 39.9. The van der Waals surface area contributed by atoms with Gasteiger partial charge in [0.25, 0.3) is 11.8 Å². The van der Waals surface area contributed by atoms with Gasteiger partial charge in [-0.1, -0.05) is 18.2 Å². The molecule has 152 valence electrons. The van der Waals surface area contributed by atoms with Gasteiger partial charge in [0.2, 0.25) is 5.91 Å². The minimum absolute atomic E-state index is 0.0283. The highest BCUT2D eigenvalue weighted by Gasteiger charge is 2.23. The van der Waals surface area contributed by atoms with Crippen LogP contribution in [0.15, 0.2) is 48.5 Å². The van der Waals surface area contributed by atoms with E-state index in [1.807, 2.05) is 24.3 Å². The lowest BCUT2D eigenvalue weighted by Gasteiger charge is -2.34. The Bertz CT molecular complexity index is 887. The highest BCUT2D eigenvalue weighted by Crippen LogP contribution is 2.17. The lowest BCUT2D eigenvalue weighted by atomic mass is 10.1. The third kappa shape index (κ3) is 4.93. The fraction of sp³-hybridized carbons (Fsp3) is 0.318. The van der Waals surface area contributed by atoms with E-state index in [-0.39, 0.29) is 17.7 Å². The van der Waals surface area contributed by atoms with E-state index < -0.39 is 0 Å². The molecule has 1 heterocycles. The maximum absolute atomic E-state index is 12.6. The molecular weight excluding hydrogens is 370 g/mol. The van der Waals surface area contributed by atoms with Gasteiger partial charge in [0.15, 0.2) is 0 Å². The number of hydrogen-bond acceptors (Lipinski definition) is 4. The number of hydrogen-bond donors (Lipinski definition) is 1. The Morgan fingerprint density at radius 3 is 2.10 bits per heavy atom. The highest BCUT2D eigenvalue weighted by atomic mass is 16.5. The first-order valence-electron chi connectivity index (χ1n) is 9.54. The summed E-state index contributed by atoms with van der Waals surface area (Å²) >= 11 is 0. The van der Waals surface area contributed by atoms with Gasteiger partial charge in [-0.25, -0.2) is 0 Å². The molecule has 1 fully saturated rings. The SMILES string of the molecule is COc1ccccc1CNC(=O)c1ccc(C(=O)N2CCN(C(C)=O)CC2)cc1. The lowest BCUT2D eigenvalue weighted by molar-refractivity contribution is -0.130. The number of carbonyl (C=O) groups is 3. The fourth-order valence-corrected chi connectivity index (χ4v) is 3.30. The second-order valence-electron chi connectivity index (χ2n) is 6.87. The van der Waals surface area contributed by atoms with Crippen molar-refractivity contribution in [2.45, 2.75) is 13.5 Å². The summed E-state index contributed by atoms with van der Waals surface area (Å²) in [7, 11) is 1.59. The van der Waals surface area contributed by atoms with Gasteiger partial charge in [0, 0.05) is 56.3 Å². The van der Waals surface area contributed by atoms with Crippen LogP contribution in [0.3, 0.4) is 0 Å². The van der Waals surface area contributed by atoms with Crippen LogP contribution in [-0.2, 0) is 11.3 Å². The Hall–Kier alpha value is -3.35. The monoisotopic (exact) mass is 395 g/mol. The van der Waals surface area contributed by atoms with Gasteiger partial charge in [-0.05, 0) is 30.3 Å². The smallest absolute Gasteiger partial charge is 0.253 e. The third-order valence-electron chi connectivity index (χ3n) is 5.04. The zero-order chi connectivity index (χ0) is 20.8. The summed E-state index contributed by atoms with van der Waals surface area (Å²) in [6.07, 6.45) is 0. The second-order valence-corrected chi connectivity index (χ2v) is 6.87. The number of carbonyl (C=O) groups excluding carboxylic acids is 3. The highest BCUT2D eigenvalue weighted by molar-refractivity contribution is 5.98. The fourth-order valence-electron chi connectivity index (χ4n) is 3.30. The molecule has 7 nitrogen and oxygen atoms in total. The molecule has 1 N–H and O–H groups in total. The first kappa shape index (κ1) is 20.4. The van der Waals surface area contributed by atoms with Crippen molar-refractivity contribution in [3.8, 4) is 5.75 Å². The van der Waals surface area contributed by atoms with E-state index in [0.717, 1.165) is 11.3 Å². The van der Waals surface area contributed by atoms with Crippen molar-refractivity contribution in [2.75, 3.05) is 33.3 Å². The van der Waals surface area contributed by atoms with Crippen LogP contribution in [0.1, 0.15) is 33.2 Å². The molecule has 3 rings (SSSR count). The van der Waals surface area contributed by atoms with Crippen molar-refractivity contribution in [3.63, 3.8) is 0 Å². The molecule has 0 spiro atoms. The molecule has 2 aromatic rings. The third-order valence-corrected chi connectivity index (χ3v) is 5.04. The van der Waals surface area contributed by atoms with Crippen molar-refractivity contribution in [2.24, 2.45) is 0 Å². The van der Waals surface area contributed by atoms with Crippen LogP contribution >= 0.6 is 0 Å². The van der Waals surface area contributed by atoms with Crippen LogP contribution < -0.4 is 10.1 Å². The first-order valence-corrected chi connectivity index (χ1v) is 9.54. The Kier molecular flexibility index (Phi) is 6.49. The topological polar surface area (TPSA) is 79.0 Å². The van der Waals surface area contributed by atoms with E-state index in [2.05, 4.69) is 5.32 Å². The molecular formula is C22H25N3O4. The average molecular weight is 395 g/mol. The Morgan fingerprint density at radius 2 is 1.48 bits per heavy atom. The largest absolute Gasteiger partial charge is 0.496 e. The molecule has 0 bridgehead atoms. The van der Waals surface area contributed by atoms with Gasteiger partial charge in [-0.2, -0.15) is 0 Å². The van der Waals surface area contributed by atoms with E-state index in [9.17, 15) is 14.4 Å². The van der Waals surface area contributed by atoms with Crippen molar-refractivity contribution in [1.29, 1.82) is 0 Å². The predicted octanol–water partition coefficient (Wildman–Crippen LogP) is 1.93.